The number of methoxy groups -OCH3 is 2. The lowest BCUT2D eigenvalue weighted by molar-refractivity contribution is 0.354. The van der Waals surface area contributed by atoms with Crippen LogP contribution in [-0.2, 0) is 13.0 Å². The zero-order valence-electron chi connectivity index (χ0n) is 10.9. The number of hydrogen-bond acceptors (Lipinski definition) is 3. The van der Waals surface area contributed by atoms with E-state index in [1.54, 1.807) is 14.2 Å². The molecule has 0 N–H and O–H groups in total. The lowest BCUT2D eigenvalue weighted by Gasteiger charge is -2.21. The quantitative estimate of drug-likeness (QED) is 0.814. The second-order valence-corrected chi connectivity index (χ2v) is 4.46. The minimum atomic E-state index is 0.767. The Morgan fingerprint density at radius 1 is 1.17 bits per heavy atom. The first-order chi connectivity index (χ1) is 8.74. The molecule has 94 valence electrons. The third-order valence-corrected chi connectivity index (χ3v) is 3.55. The summed E-state index contributed by atoms with van der Waals surface area (Å²) in [5.41, 5.74) is 3.65. The van der Waals surface area contributed by atoms with E-state index in [4.69, 9.17) is 9.47 Å². The third-order valence-electron chi connectivity index (χ3n) is 3.55. The van der Waals surface area contributed by atoms with Crippen molar-refractivity contribution in [1.82, 2.24) is 9.55 Å². The number of ether oxygens (including phenoxy) is 2. The van der Waals surface area contributed by atoms with Gasteiger partial charge in [-0.2, -0.15) is 0 Å². The Labute approximate surface area is 106 Å². The molecule has 0 amide bonds. The maximum atomic E-state index is 5.37. The van der Waals surface area contributed by atoms with Gasteiger partial charge in [-0.3, -0.25) is 0 Å². The molecule has 0 saturated carbocycles. The zero-order chi connectivity index (χ0) is 12.7. The van der Waals surface area contributed by atoms with Crippen molar-refractivity contribution in [2.24, 2.45) is 0 Å². The molecule has 18 heavy (non-hydrogen) atoms. The summed E-state index contributed by atoms with van der Waals surface area (Å²) in [6, 6.07) is 4.11. The number of nitrogens with zero attached hydrogens (tertiary/aromatic N) is 2. The Kier molecular flexibility index (Phi) is 2.51. The van der Waals surface area contributed by atoms with Gasteiger partial charge in [-0.1, -0.05) is 0 Å². The fourth-order valence-corrected chi connectivity index (χ4v) is 2.56. The second kappa shape index (κ2) is 4.05. The lowest BCUT2D eigenvalue weighted by atomic mass is 9.98. The Balaban J connectivity index is 2.21. The monoisotopic (exact) mass is 244 g/mol. The SMILES string of the molecule is COc1cc2c(cc1OC)-c1cnc(C)n1CC2. The van der Waals surface area contributed by atoms with Crippen LogP contribution in [0.15, 0.2) is 18.3 Å². The zero-order valence-corrected chi connectivity index (χ0v) is 10.9. The maximum Gasteiger partial charge on any atom is 0.161 e. The van der Waals surface area contributed by atoms with Crippen LogP contribution >= 0.6 is 0 Å². The normalized spacial score (nSPS) is 12.8. The van der Waals surface area contributed by atoms with Crippen LogP contribution < -0.4 is 9.47 Å². The van der Waals surface area contributed by atoms with Crippen molar-refractivity contribution in [2.45, 2.75) is 19.9 Å². The van der Waals surface area contributed by atoms with Crippen molar-refractivity contribution < 1.29 is 9.47 Å². The van der Waals surface area contributed by atoms with Gasteiger partial charge < -0.3 is 14.0 Å². The van der Waals surface area contributed by atoms with Gasteiger partial charge in [-0.25, -0.2) is 4.98 Å². The summed E-state index contributed by atoms with van der Waals surface area (Å²) < 4.78 is 13.0. The number of rotatable bonds is 2. The Hall–Kier alpha value is -1.97. The predicted molar refractivity (Wildman–Crippen MR) is 69.2 cm³/mol. The first-order valence-electron chi connectivity index (χ1n) is 6.02. The number of fused-ring (bicyclic) bond motifs is 3. The van der Waals surface area contributed by atoms with Gasteiger partial charge in [0.1, 0.15) is 5.82 Å². The molecular formula is C14H16N2O2. The van der Waals surface area contributed by atoms with Gasteiger partial charge in [0.2, 0.25) is 0 Å². The van der Waals surface area contributed by atoms with Gasteiger partial charge >= 0.3 is 0 Å². The molecule has 2 heterocycles. The summed E-state index contributed by atoms with van der Waals surface area (Å²) in [6.45, 7) is 3.01. The molecule has 4 nitrogen and oxygen atoms in total. The molecule has 0 bridgehead atoms. The molecule has 0 radical (unpaired) electrons. The summed E-state index contributed by atoms with van der Waals surface area (Å²) in [5.74, 6) is 2.62. The number of hydrogen-bond donors (Lipinski definition) is 0. The smallest absolute Gasteiger partial charge is 0.161 e. The summed E-state index contributed by atoms with van der Waals surface area (Å²) in [6.07, 6.45) is 2.93. The van der Waals surface area contributed by atoms with E-state index >= 15 is 0 Å². The molecule has 0 aliphatic carbocycles. The molecule has 0 atom stereocenters. The maximum absolute atomic E-state index is 5.37. The third kappa shape index (κ3) is 1.49. The van der Waals surface area contributed by atoms with Crippen LogP contribution in [0.3, 0.4) is 0 Å². The van der Waals surface area contributed by atoms with Crippen molar-refractivity contribution in [2.75, 3.05) is 14.2 Å². The average molecular weight is 244 g/mol. The number of imidazole rings is 1. The number of aryl methyl sites for hydroxylation is 2. The fraction of sp³-hybridized carbons (Fsp3) is 0.357. The van der Waals surface area contributed by atoms with E-state index in [1.807, 2.05) is 19.2 Å². The molecule has 3 rings (SSSR count). The molecule has 4 heteroatoms. The molecule has 1 aliphatic rings. The summed E-state index contributed by atoms with van der Waals surface area (Å²) >= 11 is 0. The molecule has 2 aromatic rings. The van der Waals surface area contributed by atoms with Gasteiger partial charge in [0.25, 0.3) is 0 Å². The van der Waals surface area contributed by atoms with E-state index in [0.29, 0.717) is 0 Å². The number of benzene rings is 1. The molecule has 0 spiro atoms. The van der Waals surface area contributed by atoms with E-state index in [-0.39, 0.29) is 0 Å². The topological polar surface area (TPSA) is 36.3 Å². The molecule has 0 unspecified atom stereocenters. The predicted octanol–water partition coefficient (Wildman–Crippen LogP) is 2.43. The first-order valence-corrected chi connectivity index (χ1v) is 6.02. The fourth-order valence-electron chi connectivity index (χ4n) is 2.56. The lowest BCUT2D eigenvalue weighted by Crippen LogP contribution is -2.12. The van der Waals surface area contributed by atoms with Gasteiger partial charge in [0.05, 0.1) is 26.1 Å². The highest BCUT2D eigenvalue weighted by Crippen LogP contribution is 2.38. The molecular weight excluding hydrogens is 228 g/mol. The summed E-state index contributed by atoms with van der Waals surface area (Å²) in [7, 11) is 3.33. The Morgan fingerprint density at radius 2 is 1.89 bits per heavy atom. The standard InChI is InChI=1S/C14H16N2O2/c1-9-15-8-12-11-7-14(18-3)13(17-2)6-10(11)4-5-16(9)12/h6-8H,4-5H2,1-3H3. The van der Waals surface area contributed by atoms with Crippen LogP contribution in [0.1, 0.15) is 11.4 Å². The van der Waals surface area contributed by atoms with Crippen molar-refractivity contribution >= 4 is 0 Å². The van der Waals surface area contributed by atoms with E-state index in [2.05, 4.69) is 15.6 Å². The number of aromatic nitrogens is 2. The minimum Gasteiger partial charge on any atom is -0.493 e. The van der Waals surface area contributed by atoms with Crippen molar-refractivity contribution in [3.63, 3.8) is 0 Å². The van der Waals surface area contributed by atoms with Crippen LogP contribution in [0.5, 0.6) is 11.5 Å². The molecule has 1 aromatic heterocycles. The molecule has 0 fully saturated rings. The van der Waals surface area contributed by atoms with Crippen LogP contribution in [0.4, 0.5) is 0 Å². The second-order valence-electron chi connectivity index (χ2n) is 4.46. The van der Waals surface area contributed by atoms with Gasteiger partial charge in [-0.05, 0) is 31.0 Å². The Morgan fingerprint density at radius 3 is 2.61 bits per heavy atom. The van der Waals surface area contributed by atoms with E-state index in [1.165, 1.54) is 11.1 Å². The first kappa shape index (κ1) is 11.1. The van der Waals surface area contributed by atoms with E-state index in [9.17, 15) is 0 Å². The van der Waals surface area contributed by atoms with Crippen LogP contribution in [0.25, 0.3) is 11.3 Å². The van der Waals surface area contributed by atoms with Crippen molar-refractivity contribution in [3.8, 4) is 22.8 Å². The largest absolute Gasteiger partial charge is 0.493 e. The van der Waals surface area contributed by atoms with Crippen LogP contribution in [-0.4, -0.2) is 23.8 Å². The average Bonchev–Trinajstić information content (AvgIpc) is 2.79. The molecule has 1 aliphatic heterocycles. The van der Waals surface area contributed by atoms with Crippen LogP contribution in [0, 0.1) is 6.92 Å². The van der Waals surface area contributed by atoms with E-state index < -0.39 is 0 Å². The van der Waals surface area contributed by atoms with E-state index in [0.717, 1.165) is 36.0 Å². The molecule has 0 saturated heterocycles. The Bertz CT molecular complexity index is 602. The van der Waals surface area contributed by atoms with Crippen molar-refractivity contribution in [1.29, 1.82) is 0 Å². The van der Waals surface area contributed by atoms with Crippen LogP contribution in [0.2, 0.25) is 0 Å². The minimum absolute atomic E-state index is 0.767. The van der Waals surface area contributed by atoms with Gasteiger partial charge in [-0.15, -0.1) is 0 Å². The van der Waals surface area contributed by atoms with Crippen molar-refractivity contribution in [3.05, 3.63) is 29.7 Å². The highest BCUT2D eigenvalue weighted by atomic mass is 16.5. The molecule has 1 aromatic carbocycles. The highest BCUT2D eigenvalue weighted by Gasteiger charge is 2.20. The summed E-state index contributed by atoms with van der Waals surface area (Å²) in [5, 5.41) is 0. The highest BCUT2D eigenvalue weighted by molar-refractivity contribution is 5.70. The summed E-state index contributed by atoms with van der Waals surface area (Å²) in [4.78, 5) is 4.39. The van der Waals surface area contributed by atoms with Gasteiger partial charge in [0, 0.05) is 12.1 Å². The van der Waals surface area contributed by atoms with Gasteiger partial charge in [0.15, 0.2) is 11.5 Å².